The zero-order valence-corrected chi connectivity index (χ0v) is 20.9. The van der Waals surface area contributed by atoms with Crippen LogP contribution >= 0.6 is 35.8 Å². The van der Waals surface area contributed by atoms with Crippen molar-refractivity contribution in [3.63, 3.8) is 0 Å². The molecule has 0 aromatic carbocycles. The van der Waals surface area contributed by atoms with E-state index in [2.05, 4.69) is 25.5 Å². The van der Waals surface area contributed by atoms with Crippen molar-refractivity contribution in [2.24, 2.45) is 0 Å². The maximum atomic E-state index is 12.4. The van der Waals surface area contributed by atoms with Gasteiger partial charge in [-0.2, -0.15) is 0 Å². The highest BCUT2D eigenvalue weighted by molar-refractivity contribution is 8.00. The van der Waals surface area contributed by atoms with E-state index in [0.29, 0.717) is 35.7 Å². The van der Waals surface area contributed by atoms with Gasteiger partial charge in [-0.25, -0.2) is 9.97 Å². The lowest BCUT2D eigenvalue weighted by molar-refractivity contribution is -0.113. The Hall–Kier alpha value is -2.17. The first-order valence-corrected chi connectivity index (χ1v) is 12.5. The number of nitrogens with zero attached hydrogens (tertiary/aromatic N) is 4. The Labute approximate surface area is 212 Å². The molecule has 34 heavy (non-hydrogen) atoms. The molecule has 180 valence electrons. The molecule has 1 saturated heterocycles. The molecule has 11 heteroatoms. The lowest BCUT2D eigenvalue weighted by atomic mass is 10.0. The van der Waals surface area contributed by atoms with Crippen molar-refractivity contribution in [1.82, 2.24) is 24.8 Å². The second kappa shape index (κ2) is 11.0. The van der Waals surface area contributed by atoms with E-state index in [4.69, 9.17) is 11.6 Å². The van der Waals surface area contributed by atoms with Crippen molar-refractivity contribution < 1.29 is 4.79 Å². The number of carbonyl (C=O) groups excluding carboxylic acids is 1. The number of rotatable bonds is 6. The summed E-state index contributed by atoms with van der Waals surface area (Å²) < 4.78 is 1.76. The lowest BCUT2D eigenvalue weighted by Crippen LogP contribution is -2.43. The highest BCUT2D eigenvalue weighted by Gasteiger charge is 2.22. The van der Waals surface area contributed by atoms with Crippen LogP contribution in [-0.2, 0) is 17.9 Å². The summed E-state index contributed by atoms with van der Waals surface area (Å²) in [6, 6.07) is 9.57. The zero-order valence-electron chi connectivity index (χ0n) is 18.5. The summed E-state index contributed by atoms with van der Waals surface area (Å²) in [5, 5.41) is 7.99. The minimum atomic E-state index is -0.0323. The SMILES string of the molecule is Cl.O=C1CSc2cc(Cl)c(CNC3CCN(CCn4c(=O)ccc5cccnc54)CC3)nc2N1. The normalized spacial score (nSPS) is 16.7. The molecule has 8 nitrogen and oxygen atoms in total. The molecule has 0 saturated carbocycles. The van der Waals surface area contributed by atoms with Gasteiger partial charge in [-0.3, -0.25) is 14.2 Å². The van der Waals surface area contributed by atoms with Gasteiger partial charge in [-0.05, 0) is 50.2 Å². The molecule has 5 rings (SSSR count). The Balaban J connectivity index is 0.00000274. The smallest absolute Gasteiger partial charge is 0.252 e. The van der Waals surface area contributed by atoms with E-state index >= 15 is 0 Å². The fourth-order valence-corrected chi connectivity index (χ4v) is 5.40. The summed E-state index contributed by atoms with van der Waals surface area (Å²) in [5.41, 5.74) is 1.48. The highest BCUT2D eigenvalue weighted by Crippen LogP contribution is 2.33. The molecular formula is C23H26Cl2N6O2S. The van der Waals surface area contributed by atoms with Crippen LogP contribution in [0, 0.1) is 0 Å². The predicted octanol–water partition coefficient (Wildman–Crippen LogP) is 3.17. The maximum Gasteiger partial charge on any atom is 0.252 e. The van der Waals surface area contributed by atoms with Gasteiger partial charge in [0, 0.05) is 43.3 Å². The number of likely N-dealkylation sites (tertiary alicyclic amines) is 1. The number of piperidine rings is 1. The summed E-state index contributed by atoms with van der Waals surface area (Å²) in [7, 11) is 0. The van der Waals surface area contributed by atoms with E-state index in [-0.39, 0.29) is 23.9 Å². The molecule has 5 heterocycles. The quantitative estimate of drug-likeness (QED) is 0.515. The second-order valence-corrected chi connectivity index (χ2v) is 9.76. The monoisotopic (exact) mass is 520 g/mol. The van der Waals surface area contributed by atoms with Crippen LogP contribution in [0.2, 0.25) is 5.02 Å². The molecule has 1 amide bonds. The first-order chi connectivity index (χ1) is 16.1. The Kier molecular flexibility index (Phi) is 8.10. The molecule has 0 spiro atoms. The molecule has 1 fully saturated rings. The first-order valence-electron chi connectivity index (χ1n) is 11.1. The van der Waals surface area contributed by atoms with Gasteiger partial charge >= 0.3 is 0 Å². The molecule has 0 radical (unpaired) electrons. The lowest BCUT2D eigenvalue weighted by Gasteiger charge is -2.32. The van der Waals surface area contributed by atoms with Gasteiger partial charge in [0.2, 0.25) is 5.91 Å². The van der Waals surface area contributed by atoms with E-state index in [9.17, 15) is 9.59 Å². The van der Waals surface area contributed by atoms with Crippen molar-refractivity contribution in [1.29, 1.82) is 0 Å². The van der Waals surface area contributed by atoms with E-state index in [1.807, 2.05) is 24.3 Å². The van der Waals surface area contributed by atoms with E-state index in [1.165, 1.54) is 11.8 Å². The predicted molar refractivity (Wildman–Crippen MR) is 138 cm³/mol. The number of amides is 1. The third-order valence-electron chi connectivity index (χ3n) is 6.16. The summed E-state index contributed by atoms with van der Waals surface area (Å²) >= 11 is 7.88. The van der Waals surface area contributed by atoms with E-state index < -0.39 is 0 Å². The Morgan fingerprint density at radius 2 is 2.00 bits per heavy atom. The highest BCUT2D eigenvalue weighted by atomic mass is 35.5. The van der Waals surface area contributed by atoms with Crippen LogP contribution in [0.1, 0.15) is 18.5 Å². The molecule has 0 aliphatic carbocycles. The number of aromatic nitrogens is 3. The minimum absolute atomic E-state index is 0. The number of nitrogens with one attached hydrogen (secondary N) is 2. The average molecular weight is 521 g/mol. The van der Waals surface area contributed by atoms with Crippen LogP contribution in [0.3, 0.4) is 0 Å². The molecule has 2 aliphatic heterocycles. The van der Waals surface area contributed by atoms with E-state index in [1.54, 1.807) is 16.8 Å². The standard InChI is InChI=1S/C23H25ClN6O2S.ClH/c24-17-12-19-22(28-20(31)14-33-19)27-18(17)13-26-16-5-8-29(9-6-16)10-11-30-21(32)4-3-15-2-1-7-25-23(15)30;/h1-4,7,12,16,26H,5-6,8-11,13-14H2,(H,27,28,31);1H. The third-order valence-corrected chi connectivity index (χ3v) is 7.52. The summed E-state index contributed by atoms with van der Waals surface area (Å²) in [4.78, 5) is 36.3. The number of carbonyl (C=O) groups is 1. The van der Waals surface area contributed by atoms with Gasteiger partial charge in [-0.1, -0.05) is 11.6 Å². The van der Waals surface area contributed by atoms with Crippen LogP contribution in [0.4, 0.5) is 5.82 Å². The number of fused-ring (bicyclic) bond motifs is 2. The number of anilines is 1. The summed E-state index contributed by atoms with van der Waals surface area (Å²) in [5.74, 6) is 0.966. The minimum Gasteiger partial charge on any atom is -0.309 e. The number of thioether (sulfide) groups is 1. The van der Waals surface area contributed by atoms with Crippen molar-refractivity contribution in [3.8, 4) is 0 Å². The van der Waals surface area contributed by atoms with Crippen LogP contribution < -0.4 is 16.2 Å². The second-order valence-electron chi connectivity index (χ2n) is 8.34. The van der Waals surface area contributed by atoms with Gasteiger partial charge in [0.25, 0.3) is 5.56 Å². The number of halogens is 2. The molecule has 3 aromatic heterocycles. The number of hydrogen-bond donors (Lipinski definition) is 2. The molecule has 2 N–H and O–H groups in total. The van der Waals surface area contributed by atoms with E-state index in [0.717, 1.165) is 54.1 Å². The molecule has 2 aliphatic rings. The first kappa shape index (κ1) is 24.9. The van der Waals surface area contributed by atoms with Crippen molar-refractivity contribution >= 4 is 58.5 Å². The van der Waals surface area contributed by atoms with Crippen molar-refractivity contribution in [3.05, 3.63) is 57.6 Å². The Morgan fingerprint density at radius 1 is 1.18 bits per heavy atom. The molecule has 3 aromatic rings. The van der Waals surface area contributed by atoms with Crippen molar-refractivity contribution in [2.45, 2.75) is 36.9 Å². The van der Waals surface area contributed by atoms with Gasteiger partial charge in [0.15, 0.2) is 0 Å². The molecule has 0 bridgehead atoms. The van der Waals surface area contributed by atoms with Crippen molar-refractivity contribution in [2.75, 3.05) is 30.7 Å². The third kappa shape index (κ3) is 5.55. The topological polar surface area (TPSA) is 92.2 Å². The van der Waals surface area contributed by atoms with Crippen LogP contribution in [0.5, 0.6) is 0 Å². The number of hydrogen-bond acceptors (Lipinski definition) is 7. The Morgan fingerprint density at radius 3 is 2.82 bits per heavy atom. The van der Waals surface area contributed by atoms with Gasteiger partial charge in [-0.15, -0.1) is 24.2 Å². The summed E-state index contributed by atoms with van der Waals surface area (Å²) in [6.45, 7) is 3.93. The average Bonchev–Trinajstić information content (AvgIpc) is 2.83. The molecule has 0 atom stereocenters. The maximum absolute atomic E-state index is 12.4. The van der Waals surface area contributed by atoms with Gasteiger partial charge < -0.3 is 15.5 Å². The Bertz CT molecular complexity index is 1250. The molecule has 0 unspecified atom stereocenters. The fraction of sp³-hybridized carbons (Fsp3) is 0.391. The molecular weight excluding hydrogens is 495 g/mol. The van der Waals surface area contributed by atoms with Gasteiger partial charge in [0.1, 0.15) is 11.5 Å². The van der Waals surface area contributed by atoms with Crippen LogP contribution in [0.15, 0.2) is 46.2 Å². The summed E-state index contributed by atoms with van der Waals surface area (Å²) in [6.07, 6.45) is 3.75. The zero-order chi connectivity index (χ0) is 22.8. The fourth-order valence-electron chi connectivity index (χ4n) is 4.32. The van der Waals surface area contributed by atoms with Gasteiger partial charge in [0.05, 0.1) is 21.4 Å². The van der Waals surface area contributed by atoms with Crippen LogP contribution in [0.25, 0.3) is 11.0 Å². The largest absolute Gasteiger partial charge is 0.309 e. The number of pyridine rings is 3. The van der Waals surface area contributed by atoms with Crippen LogP contribution in [-0.4, -0.2) is 56.8 Å².